The maximum Gasteiger partial charge on any atom is 0.281 e. The van der Waals surface area contributed by atoms with Crippen LogP contribution in [-0.2, 0) is 10.2 Å². The molecule has 0 aliphatic carbocycles. The van der Waals surface area contributed by atoms with Crippen molar-refractivity contribution in [2.24, 2.45) is 10.7 Å². The number of hydrogen-bond acceptors (Lipinski definition) is 3. The highest BCUT2D eigenvalue weighted by Crippen LogP contribution is 2.21. The van der Waals surface area contributed by atoms with Gasteiger partial charge in [0.25, 0.3) is 10.2 Å². The summed E-state index contributed by atoms with van der Waals surface area (Å²) in [6.45, 7) is 0.972. The third-order valence-electron chi connectivity index (χ3n) is 3.25. The summed E-state index contributed by atoms with van der Waals surface area (Å²) in [4.78, 5) is 5.98. The number of piperidine rings is 1. The monoisotopic (exact) mass is 419 g/mol. The van der Waals surface area contributed by atoms with Gasteiger partial charge in [0, 0.05) is 40.8 Å². The molecular weight excluding hydrogens is 393 g/mol. The zero-order valence-electron chi connectivity index (χ0n) is 12.6. The fourth-order valence-electron chi connectivity index (χ4n) is 2.01. The highest BCUT2D eigenvalue weighted by molar-refractivity contribution is 14.0. The topological polar surface area (TPSA) is 82.2 Å². The van der Waals surface area contributed by atoms with Gasteiger partial charge in [-0.2, -0.15) is 17.0 Å². The fourth-order valence-corrected chi connectivity index (χ4v) is 3.34. The first-order chi connectivity index (χ1) is 8.76. The van der Waals surface area contributed by atoms with Gasteiger partial charge in [0.1, 0.15) is 0 Å². The summed E-state index contributed by atoms with van der Waals surface area (Å²) in [6, 6.07) is -0.0975. The van der Waals surface area contributed by atoms with E-state index in [0.29, 0.717) is 19.0 Å². The zero-order valence-corrected chi connectivity index (χ0v) is 15.8. The molecule has 1 aliphatic rings. The number of rotatable bonds is 4. The van der Waals surface area contributed by atoms with Crippen molar-refractivity contribution in [3.63, 3.8) is 0 Å². The van der Waals surface area contributed by atoms with Crippen LogP contribution in [0.3, 0.4) is 0 Å². The van der Waals surface area contributed by atoms with E-state index in [1.54, 1.807) is 23.3 Å². The first-order valence-electron chi connectivity index (χ1n) is 6.43. The van der Waals surface area contributed by atoms with Crippen molar-refractivity contribution in [1.29, 1.82) is 0 Å². The van der Waals surface area contributed by atoms with Crippen LogP contribution in [0.15, 0.2) is 4.99 Å². The average molecular weight is 419 g/mol. The van der Waals surface area contributed by atoms with Gasteiger partial charge < -0.3 is 10.6 Å². The van der Waals surface area contributed by atoms with E-state index >= 15 is 0 Å². The maximum atomic E-state index is 12.2. The molecular formula is C11H26IN5O2S. The van der Waals surface area contributed by atoms with Gasteiger partial charge in [0.15, 0.2) is 5.96 Å². The molecule has 1 heterocycles. The summed E-state index contributed by atoms with van der Waals surface area (Å²) in [6.07, 6.45) is 2.76. The molecule has 0 aromatic heterocycles. The molecule has 1 unspecified atom stereocenters. The number of nitrogens with two attached hydrogens (primary N) is 1. The molecule has 0 spiro atoms. The smallest absolute Gasteiger partial charge is 0.281 e. The van der Waals surface area contributed by atoms with Crippen molar-refractivity contribution < 1.29 is 8.42 Å². The highest BCUT2D eigenvalue weighted by Gasteiger charge is 2.33. The van der Waals surface area contributed by atoms with Crippen molar-refractivity contribution in [2.75, 3.05) is 41.3 Å². The second-order valence-electron chi connectivity index (χ2n) is 5.14. The number of guanidine groups is 1. The minimum Gasteiger partial charge on any atom is -0.370 e. The minimum absolute atomic E-state index is 0. The molecule has 9 heteroatoms. The van der Waals surface area contributed by atoms with Gasteiger partial charge >= 0.3 is 0 Å². The summed E-state index contributed by atoms with van der Waals surface area (Å²) in [7, 11) is 3.36. The van der Waals surface area contributed by atoms with Crippen molar-refractivity contribution in [2.45, 2.75) is 25.3 Å². The van der Waals surface area contributed by atoms with Gasteiger partial charge in [-0.3, -0.25) is 4.99 Å². The van der Waals surface area contributed by atoms with Gasteiger partial charge in [-0.25, -0.2) is 0 Å². The van der Waals surface area contributed by atoms with Crippen LogP contribution in [0.25, 0.3) is 0 Å². The Morgan fingerprint density at radius 1 is 1.30 bits per heavy atom. The van der Waals surface area contributed by atoms with E-state index in [1.807, 2.05) is 14.1 Å². The lowest BCUT2D eigenvalue weighted by molar-refractivity contribution is 0.245. The van der Waals surface area contributed by atoms with Gasteiger partial charge in [-0.15, -0.1) is 24.0 Å². The van der Waals surface area contributed by atoms with Crippen LogP contribution < -0.4 is 5.73 Å². The van der Waals surface area contributed by atoms with E-state index < -0.39 is 10.2 Å². The van der Waals surface area contributed by atoms with E-state index in [1.165, 1.54) is 4.31 Å². The zero-order chi connectivity index (χ0) is 14.6. The van der Waals surface area contributed by atoms with Crippen molar-refractivity contribution in [3.8, 4) is 0 Å². The lowest BCUT2D eigenvalue weighted by Gasteiger charge is -2.35. The highest BCUT2D eigenvalue weighted by atomic mass is 127. The Morgan fingerprint density at radius 2 is 1.90 bits per heavy atom. The summed E-state index contributed by atoms with van der Waals surface area (Å²) in [5.74, 6) is 0.424. The number of nitrogens with zero attached hydrogens (tertiary/aromatic N) is 4. The van der Waals surface area contributed by atoms with Gasteiger partial charge in [0.05, 0.1) is 6.54 Å². The average Bonchev–Trinajstić information content (AvgIpc) is 2.35. The Bertz CT molecular complexity index is 425. The normalized spacial score (nSPS) is 21.6. The first kappa shape index (κ1) is 19.9. The molecule has 0 saturated carbocycles. The van der Waals surface area contributed by atoms with Crippen LogP contribution in [0.4, 0.5) is 0 Å². The molecule has 7 nitrogen and oxygen atoms in total. The molecule has 20 heavy (non-hydrogen) atoms. The lowest BCUT2D eigenvalue weighted by Crippen LogP contribution is -2.50. The molecule has 0 amide bonds. The number of halogens is 1. The van der Waals surface area contributed by atoms with Crippen molar-refractivity contribution in [3.05, 3.63) is 0 Å². The fraction of sp³-hybridized carbons (Fsp3) is 0.909. The van der Waals surface area contributed by atoms with E-state index in [4.69, 9.17) is 5.73 Å². The maximum absolute atomic E-state index is 12.2. The molecule has 1 saturated heterocycles. The Labute approximate surface area is 139 Å². The molecule has 1 fully saturated rings. The van der Waals surface area contributed by atoms with Gasteiger partial charge in [-0.05, 0) is 12.8 Å². The lowest BCUT2D eigenvalue weighted by atomic mass is 10.1. The van der Waals surface area contributed by atoms with Crippen LogP contribution in [0.5, 0.6) is 0 Å². The Morgan fingerprint density at radius 3 is 2.40 bits per heavy atom. The Hall–Kier alpha value is -0.130. The summed E-state index contributed by atoms with van der Waals surface area (Å²) in [5, 5.41) is 0. The number of hydrogen-bond donors (Lipinski definition) is 1. The van der Waals surface area contributed by atoms with Crippen LogP contribution in [0.1, 0.15) is 19.3 Å². The Balaban J connectivity index is 0.00000361. The van der Waals surface area contributed by atoms with Crippen molar-refractivity contribution in [1.82, 2.24) is 13.5 Å². The second-order valence-corrected chi connectivity index (χ2v) is 7.24. The van der Waals surface area contributed by atoms with Gasteiger partial charge in [0.2, 0.25) is 0 Å². The third-order valence-corrected chi connectivity index (χ3v) is 5.25. The molecule has 0 aromatic rings. The van der Waals surface area contributed by atoms with E-state index in [-0.39, 0.29) is 30.0 Å². The largest absolute Gasteiger partial charge is 0.370 e. The summed E-state index contributed by atoms with van der Waals surface area (Å²) in [5.41, 5.74) is 5.75. The minimum atomic E-state index is -3.37. The third kappa shape index (κ3) is 5.01. The quantitative estimate of drug-likeness (QED) is 0.400. The molecule has 0 aromatic carbocycles. The Kier molecular flexibility index (Phi) is 8.29. The first-order valence-corrected chi connectivity index (χ1v) is 7.83. The van der Waals surface area contributed by atoms with Gasteiger partial charge in [-0.1, -0.05) is 6.42 Å². The molecule has 2 N–H and O–H groups in total. The standard InChI is InChI=1S/C11H25N5O2S.HI/c1-14(2)11(12)13-9-10-7-5-6-8-16(10)19(17,18)15(3)4;/h10H,5-9H2,1-4H3,(H2,12,13);1H. The molecule has 120 valence electrons. The molecule has 0 bridgehead atoms. The van der Waals surface area contributed by atoms with Crippen LogP contribution in [-0.4, -0.2) is 75.2 Å². The van der Waals surface area contributed by atoms with Crippen LogP contribution in [0, 0.1) is 0 Å². The predicted molar refractivity (Wildman–Crippen MR) is 92.5 cm³/mol. The van der Waals surface area contributed by atoms with Crippen LogP contribution >= 0.6 is 24.0 Å². The predicted octanol–water partition coefficient (Wildman–Crippen LogP) is 0.142. The molecule has 0 radical (unpaired) electrons. The number of aliphatic imine (C=N–C) groups is 1. The summed E-state index contributed by atoms with van der Waals surface area (Å²) >= 11 is 0. The van der Waals surface area contributed by atoms with Crippen molar-refractivity contribution >= 4 is 40.1 Å². The SMILES string of the molecule is CN(C)C(N)=NCC1CCCCN1S(=O)(=O)N(C)C.I. The molecule has 1 atom stereocenters. The second kappa shape index (κ2) is 8.35. The summed E-state index contributed by atoms with van der Waals surface area (Å²) < 4.78 is 27.3. The molecule has 1 rings (SSSR count). The van der Waals surface area contributed by atoms with Crippen LogP contribution in [0.2, 0.25) is 0 Å². The van der Waals surface area contributed by atoms with E-state index in [9.17, 15) is 8.42 Å². The van der Waals surface area contributed by atoms with E-state index in [2.05, 4.69) is 4.99 Å². The van der Waals surface area contributed by atoms with E-state index in [0.717, 1.165) is 19.3 Å². The molecule has 1 aliphatic heterocycles.